The van der Waals surface area contributed by atoms with E-state index in [4.69, 9.17) is 10.5 Å². The summed E-state index contributed by atoms with van der Waals surface area (Å²) in [5.74, 6) is -0.978. The second-order valence-corrected chi connectivity index (χ2v) is 1.57. The first-order chi connectivity index (χ1) is 3.27. The average Bonchev–Trinajstić information content (AvgIpc) is 1.61. The van der Waals surface area contributed by atoms with Gasteiger partial charge in [-0.3, -0.25) is 4.79 Å². The number of hydrogen-bond donors (Lipinski definition) is 2. The van der Waals surface area contributed by atoms with E-state index in [1.54, 1.807) is 0 Å². The summed E-state index contributed by atoms with van der Waals surface area (Å²) in [5.41, 5.74) is 1.88. The number of aliphatic carboxylic acids is 1. The van der Waals surface area contributed by atoms with Gasteiger partial charge in [0.25, 0.3) is 0 Å². The van der Waals surface area contributed by atoms with Crippen molar-refractivity contribution < 1.29 is 42.6 Å². The molecule has 9 heavy (non-hydrogen) atoms. The Hall–Kier alpha value is -0.406. The third-order valence-electron chi connectivity index (χ3n) is 0.268. The standard InChI is InChI=1S/C3H4NO2S.Rf.Y/c4-2-7-1-3(5)6;;/h4H,1H2,(H,5,6);;/q-1;;. The van der Waals surface area contributed by atoms with Crippen LogP contribution in [0.4, 0.5) is 0 Å². The topological polar surface area (TPSA) is 61.2 Å². The summed E-state index contributed by atoms with van der Waals surface area (Å²) in [6.07, 6.45) is 0. The van der Waals surface area contributed by atoms with Crippen molar-refractivity contribution in [2.24, 2.45) is 0 Å². The van der Waals surface area contributed by atoms with E-state index in [1.165, 1.54) is 0 Å². The Morgan fingerprint density at radius 3 is 2.33 bits per heavy atom. The second kappa shape index (κ2) is 10.6. The summed E-state index contributed by atoms with van der Waals surface area (Å²) in [6, 6.07) is 0. The first-order valence-corrected chi connectivity index (χ1v) is 2.51. The molecule has 0 unspecified atom stereocenters. The summed E-state index contributed by atoms with van der Waals surface area (Å²) in [4.78, 5) is 9.61. The molecule has 0 bridgehead atoms. The van der Waals surface area contributed by atoms with Crippen molar-refractivity contribution in [3.63, 3.8) is 0 Å². The summed E-state index contributed by atoms with van der Waals surface area (Å²) in [7, 11) is 0. The Morgan fingerprint density at radius 1 is 1.78 bits per heavy atom. The molecule has 0 aliphatic heterocycles. The van der Waals surface area contributed by atoms with Gasteiger partial charge in [0.05, 0.1) is 5.75 Å². The van der Waals surface area contributed by atoms with Crippen LogP contribution in [0.15, 0.2) is 0 Å². The maximum Gasteiger partial charge on any atom is 0.310 e. The first kappa shape index (κ1) is 15.8. The minimum atomic E-state index is -0.912. The van der Waals surface area contributed by atoms with E-state index in [-0.39, 0.29) is 38.5 Å². The molecule has 0 fully saturated rings. The van der Waals surface area contributed by atoms with E-state index in [2.05, 4.69) is 0 Å². The van der Waals surface area contributed by atoms with Gasteiger partial charge in [-0.25, -0.2) is 0 Å². The smallest absolute Gasteiger partial charge is 0.310 e. The maximum atomic E-state index is 9.61. The van der Waals surface area contributed by atoms with Gasteiger partial charge in [-0.15, -0.1) is 0 Å². The number of carboxylic acid groups (broad SMARTS) is 1. The van der Waals surface area contributed by atoms with Crippen molar-refractivity contribution in [2.75, 3.05) is 5.75 Å². The quantitative estimate of drug-likeness (QED) is 0.352. The molecule has 6 heteroatoms. The van der Waals surface area contributed by atoms with Crippen LogP contribution in [0.3, 0.4) is 0 Å². The zero-order chi connectivity index (χ0) is 5.70. The largest absolute Gasteiger partial charge is 0.508 e. The van der Waals surface area contributed by atoms with Crippen LogP contribution in [0.5, 0.6) is 0 Å². The van der Waals surface area contributed by atoms with E-state index in [0.717, 1.165) is 11.8 Å². The van der Waals surface area contributed by atoms with E-state index < -0.39 is 5.97 Å². The van der Waals surface area contributed by atoms with E-state index in [0.29, 0.717) is 0 Å². The fourth-order valence-electron chi connectivity index (χ4n) is 0.0978. The van der Waals surface area contributed by atoms with E-state index >= 15 is 0 Å². The van der Waals surface area contributed by atoms with Crippen LogP contribution in [0.2, 0.25) is 0 Å². The molecule has 0 aliphatic rings. The Balaban J connectivity index is -0.000000180. The molecular formula is C3H4NO2RfSY-. The molecule has 0 amide bonds. The number of carbonyl (C=O) groups is 1. The predicted molar refractivity (Wildman–Crippen MR) is 27.8 cm³/mol. The molecule has 0 rings (SSSR count). The van der Waals surface area contributed by atoms with Crippen molar-refractivity contribution in [2.45, 2.75) is 0 Å². The number of rotatable bonds is 3. The van der Waals surface area contributed by atoms with E-state index in [9.17, 15) is 4.79 Å². The van der Waals surface area contributed by atoms with Gasteiger partial charge in [-0.2, -0.15) is 0 Å². The minimum Gasteiger partial charge on any atom is -0.508 e. The summed E-state index contributed by atoms with van der Waals surface area (Å²) >= 11 is 0.833. The van der Waals surface area contributed by atoms with Crippen LogP contribution in [-0.4, -0.2) is 22.4 Å². The minimum absolute atomic E-state index is 0. The first-order valence-electron chi connectivity index (χ1n) is 1.52. The SMILES string of the molecule is N=[C-]SCC(=O)O.[Rf].[Y]. The molecule has 0 aliphatic carbocycles. The van der Waals surface area contributed by atoms with Crippen LogP contribution in [0.1, 0.15) is 0 Å². The van der Waals surface area contributed by atoms with Crippen LogP contribution < -0.4 is 0 Å². The molecule has 0 aromatic heterocycles. The van der Waals surface area contributed by atoms with Gasteiger partial charge in [0.2, 0.25) is 0 Å². The fraction of sp³-hybridized carbons (Fsp3) is 0.333. The van der Waals surface area contributed by atoms with Gasteiger partial charge in [0.15, 0.2) is 0 Å². The van der Waals surface area contributed by atoms with Crippen LogP contribution in [0, 0.1) is 5.41 Å². The normalized spacial score (nSPS) is 6.22. The Kier molecular flexibility index (Phi) is 18.6. The van der Waals surface area contributed by atoms with E-state index in [1.807, 2.05) is 5.55 Å². The van der Waals surface area contributed by atoms with Crippen LogP contribution in [0.25, 0.3) is 0 Å². The predicted octanol–water partition coefficient (Wildman–Crippen LogP) is 0.286. The molecule has 0 spiro atoms. The molecule has 3 nitrogen and oxygen atoms in total. The Bertz CT molecular complexity index is 91.9. The Labute approximate surface area is 76.6 Å². The van der Waals surface area contributed by atoms with Crippen molar-refractivity contribution in [1.29, 1.82) is 5.41 Å². The summed E-state index contributed by atoms with van der Waals surface area (Å²) < 4.78 is 0. The van der Waals surface area contributed by atoms with Crippen LogP contribution in [-0.2, 0) is 37.5 Å². The van der Waals surface area contributed by atoms with Crippen molar-refractivity contribution in [3.8, 4) is 0 Å². The zero-order valence-corrected chi connectivity index (χ0v) is 14.8. The number of thioether (sulfide) groups is 1. The Morgan fingerprint density at radius 2 is 2.22 bits per heavy atom. The van der Waals surface area contributed by atoms with Gasteiger partial charge in [0, 0.05) is 32.7 Å². The van der Waals surface area contributed by atoms with Gasteiger partial charge in [-0.1, -0.05) is 0 Å². The molecule has 0 heterocycles. The monoisotopic (exact) mass is 474 g/mol. The van der Waals surface area contributed by atoms with Crippen LogP contribution >= 0.6 is 11.8 Å². The molecule has 2 N–H and O–H groups in total. The summed E-state index contributed by atoms with van der Waals surface area (Å²) in [6.45, 7) is 0. The molecule has 0 saturated carbocycles. The third-order valence-corrected chi connectivity index (χ3v) is 0.803. The summed E-state index contributed by atoms with van der Waals surface area (Å²) in [5, 5.41) is 14.1. The molecule has 1 radical (unpaired) electrons. The molecule has 0 aromatic carbocycles. The molecule has 0 saturated heterocycles. The third kappa shape index (κ3) is 18.4. The molecule has 0 atom stereocenters. The number of hydrogen-bond acceptors (Lipinski definition) is 3. The van der Waals surface area contributed by atoms with Crippen molar-refractivity contribution in [1.82, 2.24) is 0 Å². The number of carboxylic acids is 1. The van der Waals surface area contributed by atoms with Crippen molar-refractivity contribution in [3.05, 3.63) is 0 Å². The number of nitrogens with one attached hydrogen (secondary N) is 1. The molecule has 45 valence electrons. The average molecular weight is 474 g/mol. The van der Waals surface area contributed by atoms with Gasteiger partial charge in [-0.05, 0) is 0 Å². The maximum absolute atomic E-state index is 9.61. The zero-order valence-electron chi connectivity index (χ0n) is 4.76. The van der Waals surface area contributed by atoms with Gasteiger partial charge >= 0.3 is 5.97 Å². The molecular weight excluding hydrogens is 470 g/mol. The fourth-order valence-corrected chi connectivity index (χ4v) is 0.293. The van der Waals surface area contributed by atoms with Gasteiger partial charge < -0.3 is 27.8 Å². The van der Waals surface area contributed by atoms with Gasteiger partial charge in [0.1, 0.15) is 0 Å². The molecule has 0 aromatic rings. The second-order valence-electron chi connectivity index (χ2n) is 0.784. The van der Waals surface area contributed by atoms with Crippen molar-refractivity contribution >= 4 is 23.3 Å².